The second-order valence-corrected chi connectivity index (χ2v) is 5.24. The van der Waals surface area contributed by atoms with E-state index in [0.29, 0.717) is 0 Å². The van der Waals surface area contributed by atoms with Crippen LogP contribution in [0.3, 0.4) is 0 Å². The Morgan fingerprint density at radius 2 is 1.90 bits per heavy atom. The monoisotopic (exact) mass is 310 g/mol. The normalized spacial score (nSPS) is 10.2. The summed E-state index contributed by atoms with van der Waals surface area (Å²) in [6.07, 6.45) is 0.204. The second kappa shape index (κ2) is 6.94. The lowest BCUT2D eigenvalue weighted by atomic mass is 10.3. The molecule has 0 bridgehead atoms. The van der Waals surface area contributed by atoms with Crippen molar-refractivity contribution >= 4 is 28.8 Å². The number of anilines is 1. The van der Waals surface area contributed by atoms with Gasteiger partial charge in [0.2, 0.25) is 11.8 Å². The second-order valence-electron chi connectivity index (χ2n) is 4.21. The number of hydrogen-bond donors (Lipinski definition) is 2. The molecule has 0 unspecified atom stereocenters. The summed E-state index contributed by atoms with van der Waals surface area (Å²) < 4.78 is 25.7. The van der Waals surface area contributed by atoms with Crippen molar-refractivity contribution in [1.82, 2.24) is 5.32 Å². The molecule has 0 aliphatic rings. The van der Waals surface area contributed by atoms with Crippen molar-refractivity contribution in [1.29, 1.82) is 0 Å². The Morgan fingerprint density at radius 3 is 2.57 bits per heavy atom. The molecule has 0 saturated heterocycles. The van der Waals surface area contributed by atoms with Crippen molar-refractivity contribution in [2.75, 3.05) is 11.9 Å². The van der Waals surface area contributed by atoms with Crippen LogP contribution in [0.5, 0.6) is 0 Å². The summed E-state index contributed by atoms with van der Waals surface area (Å²) in [4.78, 5) is 24.0. The molecular weight excluding hydrogens is 298 g/mol. The third-order valence-corrected chi connectivity index (χ3v) is 3.44. The molecule has 110 valence electrons. The van der Waals surface area contributed by atoms with Crippen molar-refractivity contribution < 1.29 is 18.4 Å². The van der Waals surface area contributed by atoms with E-state index in [1.807, 2.05) is 17.5 Å². The Kier molecular flexibility index (Phi) is 4.99. The molecule has 0 aliphatic carbocycles. The fraction of sp³-hybridized carbons (Fsp3) is 0.143. The number of amides is 2. The zero-order valence-electron chi connectivity index (χ0n) is 10.9. The first-order valence-corrected chi connectivity index (χ1v) is 6.96. The predicted molar refractivity (Wildman–Crippen MR) is 76.0 cm³/mol. The number of halogens is 2. The maximum absolute atomic E-state index is 13.0. The summed E-state index contributed by atoms with van der Waals surface area (Å²) >= 11 is 1.45. The molecule has 4 nitrogen and oxygen atoms in total. The van der Waals surface area contributed by atoms with Crippen molar-refractivity contribution in [3.63, 3.8) is 0 Å². The molecule has 1 heterocycles. The number of carbonyl (C=O) groups is 2. The van der Waals surface area contributed by atoms with Crippen molar-refractivity contribution in [2.24, 2.45) is 0 Å². The maximum Gasteiger partial charge on any atom is 0.243 e. The van der Waals surface area contributed by atoms with Crippen LogP contribution >= 0.6 is 11.3 Å². The summed E-state index contributed by atoms with van der Waals surface area (Å²) in [7, 11) is 0. The number of rotatable bonds is 5. The fourth-order valence-corrected chi connectivity index (χ4v) is 2.30. The van der Waals surface area contributed by atoms with E-state index < -0.39 is 17.5 Å². The molecule has 2 N–H and O–H groups in total. The molecule has 0 fully saturated rings. The molecular formula is C14H12F2N2O2S. The number of benzene rings is 1. The number of nitrogens with one attached hydrogen (secondary N) is 2. The van der Waals surface area contributed by atoms with Crippen LogP contribution in [0.25, 0.3) is 0 Å². The minimum Gasteiger partial charge on any atom is -0.347 e. The van der Waals surface area contributed by atoms with Gasteiger partial charge in [-0.25, -0.2) is 8.78 Å². The van der Waals surface area contributed by atoms with Gasteiger partial charge >= 0.3 is 0 Å². The molecule has 0 atom stereocenters. The molecule has 2 aromatic rings. The molecule has 1 aromatic heterocycles. The summed E-state index contributed by atoms with van der Waals surface area (Å²) in [5.74, 6) is -2.83. The molecule has 0 saturated carbocycles. The lowest BCUT2D eigenvalue weighted by Gasteiger charge is -2.07. The molecule has 2 amide bonds. The lowest BCUT2D eigenvalue weighted by Crippen LogP contribution is -2.33. The Labute approximate surface area is 123 Å². The molecule has 7 heteroatoms. The van der Waals surface area contributed by atoms with Gasteiger partial charge in [0.05, 0.1) is 13.0 Å². The highest BCUT2D eigenvalue weighted by molar-refractivity contribution is 7.10. The number of carbonyl (C=O) groups excluding carboxylic acids is 2. The van der Waals surface area contributed by atoms with Crippen molar-refractivity contribution in [3.8, 4) is 0 Å². The van der Waals surface area contributed by atoms with E-state index in [4.69, 9.17) is 0 Å². The van der Waals surface area contributed by atoms with Gasteiger partial charge in [-0.05, 0) is 23.6 Å². The largest absolute Gasteiger partial charge is 0.347 e. The zero-order chi connectivity index (χ0) is 15.2. The smallest absolute Gasteiger partial charge is 0.243 e. The van der Waals surface area contributed by atoms with E-state index in [9.17, 15) is 18.4 Å². The Morgan fingerprint density at radius 1 is 1.10 bits per heavy atom. The lowest BCUT2D eigenvalue weighted by molar-refractivity contribution is -0.123. The zero-order valence-corrected chi connectivity index (χ0v) is 11.7. The Balaban J connectivity index is 1.79. The first kappa shape index (κ1) is 15.1. The van der Waals surface area contributed by atoms with E-state index in [1.165, 1.54) is 17.4 Å². The standard InChI is InChI=1S/C14H12F2N2O2S/c15-11-4-3-9(6-12(11)16)18-14(20)8-17-13(19)7-10-2-1-5-21-10/h1-6H,7-8H2,(H,17,19)(H,18,20). The van der Waals surface area contributed by atoms with Gasteiger partial charge in [0.15, 0.2) is 11.6 Å². The highest BCUT2D eigenvalue weighted by atomic mass is 32.1. The Bertz CT molecular complexity index is 644. The first-order chi connectivity index (χ1) is 10.0. The fourth-order valence-electron chi connectivity index (χ4n) is 1.59. The van der Waals surface area contributed by atoms with Crippen LogP contribution in [0, 0.1) is 11.6 Å². The van der Waals surface area contributed by atoms with Crippen LogP contribution in [-0.4, -0.2) is 18.4 Å². The van der Waals surface area contributed by atoms with Gasteiger partial charge in [0.25, 0.3) is 0 Å². The molecule has 1 aromatic carbocycles. The van der Waals surface area contributed by atoms with Crippen LogP contribution in [-0.2, 0) is 16.0 Å². The SMILES string of the molecule is O=C(Cc1cccs1)NCC(=O)Nc1ccc(F)c(F)c1. The van der Waals surface area contributed by atoms with E-state index in [-0.39, 0.29) is 24.6 Å². The van der Waals surface area contributed by atoms with Gasteiger partial charge in [0.1, 0.15) is 0 Å². The third kappa shape index (κ3) is 4.64. The van der Waals surface area contributed by atoms with E-state index in [0.717, 1.165) is 17.0 Å². The van der Waals surface area contributed by atoms with Crippen LogP contribution in [0.15, 0.2) is 35.7 Å². The summed E-state index contributed by atoms with van der Waals surface area (Å²) in [5.41, 5.74) is 0.131. The topological polar surface area (TPSA) is 58.2 Å². The predicted octanol–water partition coefficient (Wildman–Crippen LogP) is 2.32. The Hall–Kier alpha value is -2.28. The van der Waals surface area contributed by atoms with Crippen LogP contribution in [0.2, 0.25) is 0 Å². The van der Waals surface area contributed by atoms with E-state index in [1.54, 1.807) is 0 Å². The maximum atomic E-state index is 13.0. The van der Waals surface area contributed by atoms with Crippen LogP contribution in [0.1, 0.15) is 4.88 Å². The average Bonchev–Trinajstić information content (AvgIpc) is 2.93. The summed E-state index contributed by atoms with van der Waals surface area (Å²) in [5, 5.41) is 6.68. The molecule has 0 spiro atoms. The van der Waals surface area contributed by atoms with Gasteiger partial charge < -0.3 is 10.6 Å². The first-order valence-electron chi connectivity index (χ1n) is 6.08. The van der Waals surface area contributed by atoms with Gasteiger partial charge in [-0.2, -0.15) is 0 Å². The quantitative estimate of drug-likeness (QED) is 0.890. The number of thiophene rings is 1. The molecule has 2 rings (SSSR count). The molecule has 0 radical (unpaired) electrons. The van der Waals surface area contributed by atoms with Gasteiger partial charge in [0, 0.05) is 16.6 Å². The summed E-state index contributed by atoms with van der Waals surface area (Å²) in [6.45, 7) is -0.233. The number of hydrogen-bond acceptors (Lipinski definition) is 3. The molecule has 21 heavy (non-hydrogen) atoms. The summed E-state index contributed by atoms with van der Waals surface area (Å²) in [6, 6.07) is 6.69. The minimum atomic E-state index is -1.05. The van der Waals surface area contributed by atoms with Crippen LogP contribution in [0.4, 0.5) is 14.5 Å². The van der Waals surface area contributed by atoms with Gasteiger partial charge in [-0.3, -0.25) is 9.59 Å². The van der Waals surface area contributed by atoms with E-state index >= 15 is 0 Å². The minimum absolute atomic E-state index is 0.131. The van der Waals surface area contributed by atoms with Gasteiger partial charge in [-0.15, -0.1) is 11.3 Å². The van der Waals surface area contributed by atoms with E-state index in [2.05, 4.69) is 10.6 Å². The van der Waals surface area contributed by atoms with Crippen molar-refractivity contribution in [3.05, 3.63) is 52.2 Å². The van der Waals surface area contributed by atoms with Crippen molar-refractivity contribution in [2.45, 2.75) is 6.42 Å². The van der Waals surface area contributed by atoms with Crippen LogP contribution < -0.4 is 10.6 Å². The average molecular weight is 310 g/mol. The molecule has 0 aliphatic heterocycles. The highest BCUT2D eigenvalue weighted by Crippen LogP contribution is 2.12. The highest BCUT2D eigenvalue weighted by Gasteiger charge is 2.09. The third-order valence-electron chi connectivity index (χ3n) is 2.56. The van der Waals surface area contributed by atoms with Gasteiger partial charge in [-0.1, -0.05) is 6.07 Å².